The highest BCUT2D eigenvalue weighted by atomic mass is 16.5. The number of nitrogen functional groups attached to an aromatic ring is 1. The number of methoxy groups -OCH3 is 1. The fraction of sp³-hybridized carbons (Fsp3) is 0.381. The van der Waals surface area contributed by atoms with Crippen LogP contribution in [0.1, 0.15) is 23.2 Å². The highest BCUT2D eigenvalue weighted by Crippen LogP contribution is 2.37. The van der Waals surface area contributed by atoms with Gasteiger partial charge in [-0.15, -0.1) is 0 Å². The summed E-state index contributed by atoms with van der Waals surface area (Å²) in [6.07, 6.45) is 6.45. The summed E-state index contributed by atoms with van der Waals surface area (Å²) >= 11 is 0. The van der Waals surface area contributed by atoms with Gasteiger partial charge in [0.25, 0.3) is 11.5 Å². The molecule has 3 aromatic rings. The molecule has 0 aliphatic carbocycles. The monoisotopic (exact) mass is 439 g/mol. The molecule has 11 nitrogen and oxygen atoms in total. The van der Waals surface area contributed by atoms with E-state index in [2.05, 4.69) is 25.2 Å². The molecular weight excluding hydrogens is 414 g/mol. The van der Waals surface area contributed by atoms with Gasteiger partial charge in [0.2, 0.25) is 5.95 Å². The number of anilines is 2. The molecule has 1 aliphatic heterocycles. The molecule has 3 heterocycles. The van der Waals surface area contributed by atoms with Gasteiger partial charge in [0.1, 0.15) is 18.5 Å². The van der Waals surface area contributed by atoms with Crippen molar-refractivity contribution in [3.63, 3.8) is 0 Å². The molecule has 0 atom stereocenters. The molecule has 0 unspecified atom stereocenters. The molecule has 0 radical (unpaired) electrons. The second kappa shape index (κ2) is 9.18. The van der Waals surface area contributed by atoms with Crippen LogP contribution in [0.3, 0.4) is 0 Å². The van der Waals surface area contributed by atoms with Crippen LogP contribution in [0.25, 0.3) is 10.9 Å². The standard InChI is InChI=1S/C21H25N7O4/c1-27-20(30)16-14(22)9-15(32-8-7-28-5-3-4-6-28)18(31-2)17(16)25-21(27)26-19(29)13-10-23-12-24-11-13/h9-12H,3-8,22H2,1-2H3,(H,25,26,29). The molecule has 2 aromatic heterocycles. The molecule has 168 valence electrons. The van der Waals surface area contributed by atoms with Gasteiger partial charge in [-0.3, -0.25) is 24.4 Å². The number of fused-ring (bicyclic) bond motifs is 1. The number of nitrogens with one attached hydrogen (secondary N) is 1. The lowest BCUT2D eigenvalue weighted by molar-refractivity contribution is 0.102. The van der Waals surface area contributed by atoms with E-state index in [1.807, 2.05) is 0 Å². The Morgan fingerprint density at radius 1 is 1.25 bits per heavy atom. The molecule has 1 saturated heterocycles. The molecule has 1 aromatic carbocycles. The van der Waals surface area contributed by atoms with Gasteiger partial charge in [-0.2, -0.15) is 0 Å². The van der Waals surface area contributed by atoms with Crippen molar-refractivity contribution in [2.24, 2.45) is 7.05 Å². The number of ether oxygens (including phenoxy) is 2. The third-order valence-electron chi connectivity index (χ3n) is 5.42. The molecule has 32 heavy (non-hydrogen) atoms. The van der Waals surface area contributed by atoms with Crippen LogP contribution < -0.4 is 26.1 Å². The van der Waals surface area contributed by atoms with E-state index in [4.69, 9.17) is 15.2 Å². The van der Waals surface area contributed by atoms with Crippen molar-refractivity contribution in [2.75, 3.05) is 44.4 Å². The molecule has 1 fully saturated rings. The van der Waals surface area contributed by atoms with Crippen LogP contribution in [-0.2, 0) is 7.05 Å². The third-order valence-corrected chi connectivity index (χ3v) is 5.42. The summed E-state index contributed by atoms with van der Waals surface area (Å²) in [4.78, 5) is 40.0. The van der Waals surface area contributed by atoms with E-state index in [9.17, 15) is 9.59 Å². The van der Waals surface area contributed by atoms with E-state index >= 15 is 0 Å². The summed E-state index contributed by atoms with van der Waals surface area (Å²) in [6, 6.07) is 1.58. The molecule has 11 heteroatoms. The fourth-order valence-corrected chi connectivity index (χ4v) is 3.72. The quantitative estimate of drug-likeness (QED) is 0.517. The van der Waals surface area contributed by atoms with Crippen LogP contribution in [0.15, 0.2) is 29.6 Å². The first-order chi connectivity index (χ1) is 15.5. The molecule has 0 spiro atoms. The fourth-order valence-electron chi connectivity index (χ4n) is 3.72. The van der Waals surface area contributed by atoms with E-state index in [0.717, 1.165) is 19.6 Å². The Bertz CT molecular complexity index is 1190. The number of carbonyl (C=O) groups excluding carboxylic acids is 1. The Hall–Kier alpha value is -3.73. The molecule has 4 rings (SSSR count). The molecule has 0 bridgehead atoms. The summed E-state index contributed by atoms with van der Waals surface area (Å²) in [7, 11) is 2.97. The molecule has 1 aliphatic rings. The lowest BCUT2D eigenvalue weighted by Crippen LogP contribution is -2.26. The number of carbonyl (C=O) groups is 1. The minimum Gasteiger partial charge on any atom is -0.491 e. The highest BCUT2D eigenvalue weighted by molar-refractivity contribution is 6.04. The van der Waals surface area contributed by atoms with Crippen molar-refractivity contribution in [3.05, 3.63) is 40.7 Å². The summed E-state index contributed by atoms with van der Waals surface area (Å²) in [5.74, 6) is 0.207. The number of benzene rings is 1. The molecular formula is C21H25N7O4. The van der Waals surface area contributed by atoms with Crippen LogP contribution in [0.4, 0.5) is 11.6 Å². The van der Waals surface area contributed by atoms with Crippen molar-refractivity contribution in [2.45, 2.75) is 12.8 Å². The Morgan fingerprint density at radius 3 is 2.66 bits per heavy atom. The van der Waals surface area contributed by atoms with Crippen molar-refractivity contribution < 1.29 is 14.3 Å². The first kappa shape index (κ1) is 21.5. The minimum absolute atomic E-state index is 0.0308. The first-order valence-corrected chi connectivity index (χ1v) is 10.3. The van der Waals surface area contributed by atoms with E-state index < -0.39 is 11.5 Å². The predicted octanol–water partition coefficient (Wildman–Crippen LogP) is 1.04. The normalized spacial score (nSPS) is 13.9. The number of aromatic nitrogens is 4. The van der Waals surface area contributed by atoms with Crippen molar-refractivity contribution in [1.29, 1.82) is 0 Å². The number of nitrogens with zero attached hydrogens (tertiary/aromatic N) is 5. The van der Waals surface area contributed by atoms with Crippen LogP contribution >= 0.6 is 0 Å². The van der Waals surface area contributed by atoms with Crippen LogP contribution in [0.5, 0.6) is 11.5 Å². The lowest BCUT2D eigenvalue weighted by atomic mass is 10.1. The maximum absolute atomic E-state index is 13.0. The zero-order valence-corrected chi connectivity index (χ0v) is 18.0. The number of likely N-dealkylation sites (tertiary alicyclic amines) is 1. The van der Waals surface area contributed by atoms with E-state index in [1.165, 1.54) is 50.3 Å². The van der Waals surface area contributed by atoms with E-state index in [1.54, 1.807) is 6.07 Å². The number of hydrogen-bond donors (Lipinski definition) is 2. The summed E-state index contributed by atoms with van der Waals surface area (Å²) in [5.41, 5.74) is 6.43. The number of hydrogen-bond acceptors (Lipinski definition) is 9. The largest absolute Gasteiger partial charge is 0.491 e. The second-order valence-corrected chi connectivity index (χ2v) is 7.50. The minimum atomic E-state index is -0.502. The van der Waals surface area contributed by atoms with Crippen LogP contribution in [-0.4, -0.2) is 63.7 Å². The van der Waals surface area contributed by atoms with Crippen LogP contribution in [0.2, 0.25) is 0 Å². The average molecular weight is 439 g/mol. The maximum Gasteiger partial charge on any atom is 0.264 e. The van der Waals surface area contributed by atoms with Crippen LogP contribution in [0, 0.1) is 0 Å². The summed E-state index contributed by atoms with van der Waals surface area (Å²) in [5, 5.41) is 2.81. The number of amides is 1. The van der Waals surface area contributed by atoms with Gasteiger partial charge in [0.15, 0.2) is 11.5 Å². The summed E-state index contributed by atoms with van der Waals surface area (Å²) in [6.45, 7) is 3.36. The zero-order valence-electron chi connectivity index (χ0n) is 18.0. The molecule has 3 N–H and O–H groups in total. The maximum atomic E-state index is 13.0. The summed E-state index contributed by atoms with van der Waals surface area (Å²) < 4.78 is 12.7. The number of nitrogens with two attached hydrogens (primary N) is 1. The number of rotatable bonds is 7. The first-order valence-electron chi connectivity index (χ1n) is 10.3. The second-order valence-electron chi connectivity index (χ2n) is 7.50. The Kier molecular flexibility index (Phi) is 6.17. The van der Waals surface area contributed by atoms with Gasteiger partial charge >= 0.3 is 0 Å². The van der Waals surface area contributed by atoms with Gasteiger partial charge in [-0.25, -0.2) is 15.0 Å². The Morgan fingerprint density at radius 2 is 1.97 bits per heavy atom. The third kappa shape index (κ3) is 4.19. The Balaban J connectivity index is 1.69. The SMILES string of the molecule is COc1c(OCCN2CCCC2)cc(N)c2c(=O)n(C)c(NC(=O)c3cncnc3)nc12. The van der Waals surface area contributed by atoms with Gasteiger partial charge in [-0.05, 0) is 25.9 Å². The van der Waals surface area contributed by atoms with E-state index in [-0.39, 0.29) is 33.9 Å². The zero-order chi connectivity index (χ0) is 22.7. The predicted molar refractivity (Wildman–Crippen MR) is 119 cm³/mol. The highest BCUT2D eigenvalue weighted by Gasteiger charge is 2.21. The van der Waals surface area contributed by atoms with Crippen molar-refractivity contribution in [1.82, 2.24) is 24.4 Å². The molecule has 0 saturated carbocycles. The average Bonchev–Trinajstić information content (AvgIpc) is 3.31. The lowest BCUT2D eigenvalue weighted by Gasteiger charge is -2.18. The van der Waals surface area contributed by atoms with Crippen molar-refractivity contribution in [3.8, 4) is 11.5 Å². The smallest absolute Gasteiger partial charge is 0.264 e. The molecule has 1 amide bonds. The van der Waals surface area contributed by atoms with Crippen molar-refractivity contribution >= 4 is 28.4 Å². The van der Waals surface area contributed by atoms with Gasteiger partial charge in [0.05, 0.1) is 23.7 Å². The van der Waals surface area contributed by atoms with E-state index in [0.29, 0.717) is 12.4 Å². The van der Waals surface area contributed by atoms with Gasteiger partial charge in [0, 0.05) is 32.1 Å². The van der Waals surface area contributed by atoms with Gasteiger partial charge < -0.3 is 15.2 Å². The van der Waals surface area contributed by atoms with Gasteiger partial charge in [-0.1, -0.05) is 0 Å². The topological polar surface area (TPSA) is 137 Å². The Labute approximate surface area is 184 Å².